The Morgan fingerprint density at radius 2 is 2.00 bits per heavy atom. The highest BCUT2D eigenvalue weighted by Gasteiger charge is 2.34. The molecule has 0 amide bonds. The van der Waals surface area contributed by atoms with Crippen molar-refractivity contribution in [1.29, 1.82) is 0 Å². The van der Waals surface area contributed by atoms with E-state index in [0.717, 1.165) is 30.3 Å². The number of hydrogen-bond acceptors (Lipinski definition) is 3. The highest BCUT2D eigenvalue weighted by molar-refractivity contribution is 7.93. The summed E-state index contributed by atoms with van der Waals surface area (Å²) < 4.78 is 5.33. The van der Waals surface area contributed by atoms with E-state index in [-0.39, 0.29) is 0 Å². The van der Waals surface area contributed by atoms with Gasteiger partial charge in [-0.15, -0.1) is 0 Å². The van der Waals surface area contributed by atoms with Crippen molar-refractivity contribution < 1.29 is 9.29 Å². The SMILES string of the molecule is CSOCC(C)C1C=CC(C)C1.OCC1CC2C=CC1C2. The molecule has 2 bridgehead atoms. The van der Waals surface area contributed by atoms with E-state index in [4.69, 9.17) is 9.29 Å². The quantitative estimate of drug-likeness (QED) is 0.606. The van der Waals surface area contributed by atoms with Crippen molar-refractivity contribution in [1.82, 2.24) is 0 Å². The molecule has 1 N–H and O–H groups in total. The van der Waals surface area contributed by atoms with Gasteiger partial charge in [0, 0.05) is 12.9 Å². The number of hydrogen-bond donors (Lipinski definition) is 1. The second-order valence-corrected chi connectivity index (χ2v) is 7.48. The first kappa shape index (κ1) is 17.1. The number of rotatable bonds is 5. The first-order valence-electron chi connectivity index (χ1n) is 8.27. The van der Waals surface area contributed by atoms with Crippen LogP contribution in [0.3, 0.4) is 0 Å². The molecule has 21 heavy (non-hydrogen) atoms. The van der Waals surface area contributed by atoms with Gasteiger partial charge in [-0.25, -0.2) is 0 Å². The van der Waals surface area contributed by atoms with Gasteiger partial charge in [-0.2, -0.15) is 0 Å². The minimum absolute atomic E-state index is 0.394. The number of aliphatic hydroxyl groups excluding tert-OH is 1. The summed E-state index contributed by atoms with van der Waals surface area (Å²) in [6, 6.07) is 0. The third kappa shape index (κ3) is 4.87. The second kappa shape index (κ2) is 8.40. The molecule has 120 valence electrons. The standard InChI is InChI=1S/C10H18OS.C8H12O/c1-8-4-5-10(6-8)9(2)7-11-12-3;9-5-8-4-6-1-2-7(8)3-6/h4-5,8-10H,6-7H2,1-3H3;1-2,6-9H,3-5H2. The van der Waals surface area contributed by atoms with Crippen molar-refractivity contribution in [2.24, 2.45) is 35.5 Å². The maximum atomic E-state index is 8.85. The fourth-order valence-electron chi connectivity index (χ4n) is 3.74. The van der Waals surface area contributed by atoms with Crippen LogP contribution < -0.4 is 0 Å². The van der Waals surface area contributed by atoms with Crippen LogP contribution in [0.2, 0.25) is 0 Å². The van der Waals surface area contributed by atoms with Crippen LogP contribution in [-0.4, -0.2) is 24.6 Å². The van der Waals surface area contributed by atoms with Crippen LogP contribution in [-0.2, 0) is 4.18 Å². The minimum atomic E-state index is 0.394. The Morgan fingerprint density at radius 3 is 2.43 bits per heavy atom. The van der Waals surface area contributed by atoms with E-state index in [2.05, 4.69) is 38.2 Å². The molecule has 0 radical (unpaired) electrons. The Balaban J connectivity index is 0.000000159. The van der Waals surface area contributed by atoms with Crippen LogP contribution in [0.4, 0.5) is 0 Å². The Kier molecular flexibility index (Phi) is 6.84. The average Bonchev–Trinajstić information content (AvgIpc) is 3.21. The van der Waals surface area contributed by atoms with Gasteiger partial charge in [0.25, 0.3) is 0 Å². The molecule has 0 saturated heterocycles. The largest absolute Gasteiger partial charge is 0.396 e. The molecule has 3 rings (SSSR count). The zero-order valence-electron chi connectivity index (χ0n) is 13.6. The highest BCUT2D eigenvalue weighted by atomic mass is 32.2. The molecular weight excluding hydrogens is 280 g/mol. The van der Waals surface area contributed by atoms with Crippen molar-refractivity contribution in [3.05, 3.63) is 24.3 Å². The molecule has 0 aliphatic heterocycles. The van der Waals surface area contributed by atoms with Crippen molar-refractivity contribution in [3.8, 4) is 0 Å². The maximum absolute atomic E-state index is 8.85. The third-order valence-electron chi connectivity index (χ3n) is 5.16. The van der Waals surface area contributed by atoms with Gasteiger partial charge < -0.3 is 9.29 Å². The predicted molar refractivity (Wildman–Crippen MR) is 91.0 cm³/mol. The summed E-state index contributed by atoms with van der Waals surface area (Å²) in [5.74, 6) is 4.31. The van der Waals surface area contributed by atoms with Crippen LogP contribution in [0.5, 0.6) is 0 Å². The molecule has 0 aromatic carbocycles. The van der Waals surface area contributed by atoms with Crippen LogP contribution in [0.1, 0.15) is 33.1 Å². The fraction of sp³-hybridized carbons (Fsp3) is 0.778. The van der Waals surface area contributed by atoms with Gasteiger partial charge in [-0.05, 0) is 66.8 Å². The smallest absolute Gasteiger partial charge is 0.0644 e. The summed E-state index contributed by atoms with van der Waals surface area (Å²) in [4.78, 5) is 0. The topological polar surface area (TPSA) is 29.5 Å². The Bertz CT molecular complexity index is 366. The highest BCUT2D eigenvalue weighted by Crippen LogP contribution is 2.42. The molecule has 0 aromatic rings. The molecule has 0 aromatic heterocycles. The van der Waals surface area contributed by atoms with Gasteiger partial charge in [0.1, 0.15) is 0 Å². The summed E-state index contributed by atoms with van der Waals surface area (Å²) in [5, 5.41) is 8.85. The van der Waals surface area contributed by atoms with E-state index in [0.29, 0.717) is 18.4 Å². The molecule has 6 atom stereocenters. The van der Waals surface area contributed by atoms with Gasteiger partial charge in [0.05, 0.1) is 6.61 Å². The van der Waals surface area contributed by atoms with E-state index in [1.807, 2.05) is 6.26 Å². The zero-order chi connectivity index (χ0) is 15.2. The summed E-state index contributed by atoms with van der Waals surface area (Å²) in [6.45, 7) is 5.82. The van der Waals surface area contributed by atoms with Gasteiger partial charge in [-0.1, -0.05) is 38.2 Å². The fourth-order valence-corrected chi connectivity index (χ4v) is 4.10. The van der Waals surface area contributed by atoms with Crippen molar-refractivity contribution in [2.75, 3.05) is 19.5 Å². The number of allylic oxidation sites excluding steroid dienone is 4. The van der Waals surface area contributed by atoms with Crippen LogP contribution in [0.25, 0.3) is 0 Å². The lowest BCUT2D eigenvalue weighted by molar-refractivity contribution is 0.207. The molecule has 3 aliphatic carbocycles. The van der Waals surface area contributed by atoms with E-state index < -0.39 is 0 Å². The number of fused-ring (bicyclic) bond motifs is 2. The van der Waals surface area contributed by atoms with Gasteiger partial charge in [0.15, 0.2) is 0 Å². The lowest BCUT2D eigenvalue weighted by atomic mass is 9.92. The lowest BCUT2D eigenvalue weighted by Gasteiger charge is -2.17. The van der Waals surface area contributed by atoms with E-state index >= 15 is 0 Å². The first-order valence-corrected chi connectivity index (χ1v) is 9.42. The van der Waals surface area contributed by atoms with E-state index in [9.17, 15) is 0 Å². The summed E-state index contributed by atoms with van der Waals surface area (Å²) >= 11 is 1.47. The molecule has 1 fully saturated rings. The zero-order valence-corrected chi connectivity index (χ0v) is 14.4. The van der Waals surface area contributed by atoms with Crippen LogP contribution in [0.15, 0.2) is 24.3 Å². The van der Waals surface area contributed by atoms with Gasteiger partial charge in [0.2, 0.25) is 0 Å². The minimum Gasteiger partial charge on any atom is -0.396 e. The average molecular weight is 311 g/mol. The summed E-state index contributed by atoms with van der Waals surface area (Å²) in [6.07, 6.45) is 15.1. The van der Waals surface area contributed by atoms with Crippen molar-refractivity contribution in [2.45, 2.75) is 33.1 Å². The number of aliphatic hydroxyl groups is 1. The molecule has 2 nitrogen and oxygen atoms in total. The molecule has 1 saturated carbocycles. The van der Waals surface area contributed by atoms with E-state index in [1.54, 1.807) is 0 Å². The molecule has 6 unspecified atom stereocenters. The molecule has 3 aliphatic rings. The van der Waals surface area contributed by atoms with E-state index in [1.165, 1.54) is 31.3 Å². The normalized spacial score (nSPS) is 37.6. The Hall–Kier alpha value is -0.250. The van der Waals surface area contributed by atoms with Crippen LogP contribution >= 0.6 is 12.0 Å². The molecule has 3 heteroatoms. The first-order chi connectivity index (χ1) is 10.1. The van der Waals surface area contributed by atoms with Crippen molar-refractivity contribution in [3.63, 3.8) is 0 Å². The molecule has 0 spiro atoms. The summed E-state index contributed by atoms with van der Waals surface area (Å²) in [7, 11) is 0. The lowest BCUT2D eigenvalue weighted by Crippen LogP contribution is -2.12. The monoisotopic (exact) mass is 310 g/mol. The van der Waals surface area contributed by atoms with Gasteiger partial charge >= 0.3 is 0 Å². The summed E-state index contributed by atoms with van der Waals surface area (Å²) in [5.41, 5.74) is 0. The van der Waals surface area contributed by atoms with Crippen LogP contribution in [0, 0.1) is 35.5 Å². The Morgan fingerprint density at radius 1 is 1.19 bits per heavy atom. The van der Waals surface area contributed by atoms with Gasteiger partial charge in [-0.3, -0.25) is 0 Å². The Labute approximate surface area is 134 Å². The predicted octanol–water partition coefficient (Wildman–Crippen LogP) is 4.32. The second-order valence-electron chi connectivity index (χ2n) is 6.91. The third-order valence-corrected chi connectivity index (χ3v) is 5.53. The molecular formula is C18H30O2S. The molecule has 0 heterocycles. The van der Waals surface area contributed by atoms with Crippen molar-refractivity contribution >= 4 is 12.0 Å². The maximum Gasteiger partial charge on any atom is 0.0644 e.